The smallest absolute Gasteiger partial charge is 0.0698 e. The zero-order valence-corrected chi connectivity index (χ0v) is 9.74. The first-order chi connectivity index (χ1) is 7.38. The van der Waals surface area contributed by atoms with Crippen molar-refractivity contribution in [1.29, 1.82) is 0 Å². The Hall–Kier alpha value is -0.160. The van der Waals surface area contributed by atoms with Crippen molar-refractivity contribution in [3.63, 3.8) is 0 Å². The van der Waals surface area contributed by atoms with Gasteiger partial charge in [-0.3, -0.25) is 4.90 Å². The van der Waals surface area contributed by atoms with Gasteiger partial charge in [-0.05, 0) is 26.4 Å². The van der Waals surface area contributed by atoms with Crippen molar-refractivity contribution >= 4 is 0 Å². The molecule has 0 bridgehead atoms. The molecule has 0 aromatic carbocycles. The number of rotatable bonds is 7. The van der Waals surface area contributed by atoms with Crippen LogP contribution in [0.4, 0.5) is 0 Å². The molecule has 1 atom stereocenters. The van der Waals surface area contributed by atoms with Crippen LogP contribution in [0.15, 0.2) is 0 Å². The molecule has 0 saturated carbocycles. The molecule has 1 rings (SSSR count). The van der Waals surface area contributed by atoms with Crippen molar-refractivity contribution in [1.82, 2.24) is 10.2 Å². The summed E-state index contributed by atoms with van der Waals surface area (Å²) in [6, 6.07) is 0.668. The van der Waals surface area contributed by atoms with Gasteiger partial charge in [-0.2, -0.15) is 0 Å². The summed E-state index contributed by atoms with van der Waals surface area (Å²) in [7, 11) is 2.01. The Morgan fingerprint density at radius 3 is 3.00 bits per heavy atom. The number of aliphatic hydroxyl groups is 1. The lowest BCUT2D eigenvalue weighted by Gasteiger charge is -2.35. The van der Waals surface area contributed by atoms with Crippen LogP contribution in [0.2, 0.25) is 0 Å². The van der Waals surface area contributed by atoms with E-state index in [-0.39, 0.29) is 6.61 Å². The van der Waals surface area contributed by atoms with Crippen molar-refractivity contribution in [2.45, 2.75) is 25.3 Å². The molecule has 2 N–H and O–H groups in total. The van der Waals surface area contributed by atoms with Gasteiger partial charge in [0, 0.05) is 19.1 Å². The first-order valence-corrected chi connectivity index (χ1v) is 5.95. The van der Waals surface area contributed by atoms with Crippen LogP contribution in [0, 0.1) is 0 Å². The first-order valence-electron chi connectivity index (χ1n) is 5.95. The molecule has 1 fully saturated rings. The summed E-state index contributed by atoms with van der Waals surface area (Å²) in [5.74, 6) is 0. The first kappa shape index (κ1) is 12.9. The highest BCUT2D eigenvalue weighted by molar-refractivity contribution is 4.77. The van der Waals surface area contributed by atoms with Gasteiger partial charge in [0.15, 0.2) is 0 Å². The highest BCUT2D eigenvalue weighted by Crippen LogP contribution is 2.15. The minimum atomic E-state index is 0.125. The highest BCUT2D eigenvalue weighted by Gasteiger charge is 2.20. The van der Waals surface area contributed by atoms with E-state index >= 15 is 0 Å². The predicted molar refractivity (Wildman–Crippen MR) is 61.0 cm³/mol. The van der Waals surface area contributed by atoms with E-state index in [4.69, 9.17) is 9.84 Å². The van der Waals surface area contributed by atoms with E-state index in [1.54, 1.807) is 0 Å². The molecular formula is C11H24N2O2. The lowest BCUT2D eigenvalue weighted by Crippen LogP contribution is -2.46. The van der Waals surface area contributed by atoms with Crippen LogP contribution in [-0.4, -0.2) is 62.6 Å². The Bertz CT molecular complexity index is 154. The fraction of sp³-hybridized carbons (Fsp3) is 1.00. The molecule has 4 heteroatoms. The van der Waals surface area contributed by atoms with E-state index in [2.05, 4.69) is 10.2 Å². The van der Waals surface area contributed by atoms with Gasteiger partial charge in [0.05, 0.1) is 19.8 Å². The van der Waals surface area contributed by atoms with Crippen molar-refractivity contribution in [2.24, 2.45) is 0 Å². The molecule has 1 aliphatic heterocycles. The molecule has 1 heterocycles. The Balaban J connectivity index is 2.17. The molecule has 0 aliphatic carbocycles. The number of piperidine rings is 1. The van der Waals surface area contributed by atoms with E-state index < -0.39 is 0 Å². The van der Waals surface area contributed by atoms with Gasteiger partial charge in [0.25, 0.3) is 0 Å². The zero-order valence-electron chi connectivity index (χ0n) is 9.74. The number of hydrogen-bond acceptors (Lipinski definition) is 4. The van der Waals surface area contributed by atoms with Gasteiger partial charge in [-0.15, -0.1) is 0 Å². The standard InChI is InChI=1S/C11H24N2O2/c1-12-10-11-4-2-3-5-13(11)6-8-15-9-7-14/h11-12,14H,2-10H2,1H3. The lowest BCUT2D eigenvalue weighted by atomic mass is 10.0. The maximum absolute atomic E-state index is 8.59. The van der Waals surface area contributed by atoms with Crippen molar-refractivity contribution in [3.05, 3.63) is 0 Å². The molecular weight excluding hydrogens is 192 g/mol. The molecule has 4 nitrogen and oxygen atoms in total. The maximum Gasteiger partial charge on any atom is 0.0698 e. The van der Waals surface area contributed by atoms with Gasteiger partial charge in [0.2, 0.25) is 0 Å². The summed E-state index contributed by atoms with van der Waals surface area (Å²) in [6.07, 6.45) is 3.95. The summed E-state index contributed by atoms with van der Waals surface area (Å²) >= 11 is 0. The largest absolute Gasteiger partial charge is 0.394 e. The van der Waals surface area contributed by atoms with Gasteiger partial charge in [-0.25, -0.2) is 0 Å². The van der Waals surface area contributed by atoms with E-state index in [0.717, 1.165) is 19.7 Å². The van der Waals surface area contributed by atoms with Crippen LogP contribution in [-0.2, 0) is 4.74 Å². The number of likely N-dealkylation sites (tertiary alicyclic amines) is 1. The van der Waals surface area contributed by atoms with Crippen molar-refractivity contribution in [2.75, 3.05) is 46.5 Å². The Morgan fingerprint density at radius 2 is 2.27 bits per heavy atom. The van der Waals surface area contributed by atoms with Crippen LogP contribution in [0.3, 0.4) is 0 Å². The number of aliphatic hydroxyl groups excluding tert-OH is 1. The molecule has 0 spiro atoms. The highest BCUT2D eigenvalue weighted by atomic mass is 16.5. The number of nitrogens with zero attached hydrogens (tertiary/aromatic N) is 1. The minimum Gasteiger partial charge on any atom is -0.394 e. The number of hydrogen-bond donors (Lipinski definition) is 2. The molecule has 90 valence electrons. The molecule has 1 saturated heterocycles. The lowest BCUT2D eigenvalue weighted by molar-refractivity contribution is 0.0537. The SMILES string of the molecule is CNCC1CCCCN1CCOCCO. The Labute approximate surface area is 92.6 Å². The van der Waals surface area contributed by atoms with E-state index in [0.29, 0.717) is 12.6 Å². The van der Waals surface area contributed by atoms with Crippen LogP contribution < -0.4 is 5.32 Å². The van der Waals surface area contributed by atoms with Gasteiger partial charge in [-0.1, -0.05) is 6.42 Å². The second kappa shape index (κ2) is 8.05. The topological polar surface area (TPSA) is 44.7 Å². The molecule has 1 aliphatic rings. The monoisotopic (exact) mass is 216 g/mol. The quantitative estimate of drug-likeness (QED) is 0.591. The number of ether oxygens (including phenoxy) is 1. The fourth-order valence-corrected chi connectivity index (χ4v) is 2.17. The molecule has 15 heavy (non-hydrogen) atoms. The van der Waals surface area contributed by atoms with Crippen LogP contribution in [0.5, 0.6) is 0 Å². The third-order valence-corrected chi connectivity index (χ3v) is 2.95. The molecule has 1 unspecified atom stereocenters. The van der Waals surface area contributed by atoms with Gasteiger partial charge < -0.3 is 15.2 Å². The fourth-order valence-electron chi connectivity index (χ4n) is 2.17. The number of nitrogens with one attached hydrogen (secondary N) is 1. The molecule has 0 amide bonds. The summed E-state index contributed by atoms with van der Waals surface area (Å²) in [4.78, 5) is 2.50. The van der Waals surface area contributed by atoms with Crippen molar-refractivity contribution < 1.29 is 9.84 Å². The van der Waals surface area contributed by atoms with Crippen LogP contribution >= 0.6 is 0 Å². The molecule has 0 aromatic rings. The van der Waals surface area contributed by atoms with Gasteiger partial charge >= 0.3 is 0 Å². The van der Waals surface area contributed by atoms with Gasteiger partial charge in [0.1, 0.15) is 0 Å². The van der Waals surface area contributed by atoms with Crippen LogP contribution in [0.25, 0.3) is 0 Å². The maximum atomic E-state index is 8.59. The van der Waals surface area contributed by atoms with Crippen molar-refractivity contribution in [3.8, 4) is 0 Å². The summed E-state index contributed by atoms with van der Waals surface area (Å²) in [6.45, 7) is 4.58. The second-order valence-electron chi connectivity index (χ2n) is 4.08. The molecule has 0 radical (unpaired) electrons. The average molecular weight is 216 g/mol. The third-order valence-electron chi connectivity index (χ3n) is 2.95. The Kier molecular flexibility index (Phi) is 6.92. The average Bonchev–Trinajstić information content (AvgIpc) is 2.27. The van der Waals surface area contributed by atoms with E-state index in [9.17, 15) is 0 Å². The molecule has 0 aromatic heterocycles. The number of likely N-dealkylation sites (N-methyl/N-ethyl adjacent to an activating group) is 1. The van der Waals surface area contributed by atoms with Crippen LogP contribution in [0.1, 0.15) is 19.3 Å². The second-order valence-corrected chi connectivity index (χ2v) is 4.08. The zero-order chi connectivity index (χ0) is 10.9. The predicted octanol–water partition coefficient (Wildman–Crippen LogP) is 0.0692. The van der Waals surface area contributed by atoms with E-state index in [1.165, 1.54) is 25.8 Å². The third kappa shape index (κ3) is 4.93. The normalized spacial score (nSPS) is 23.2. The Morgan fingerprint density at radius 1 is 1.40 bits per heavy atom. The van der Waals surface area contributed by atoms with E-state index in [1.807, 2.05) is 7.05 Å². The summed E-state index contributed by atoms with van der Waals surface area (Å²) < 4.78 is 5.30. The minimum absolute atomic E-state index is 0.125. The summed E-state index contributed by atoms with van der Waals surface area (Å²) in [5.41, 5.74) is 0. The summed E-state index contributed by atoms with van der Waals surface area (Å²) in [5, 5.41) is 11.8.